The van der Waals surface area contributed by atoms with E-state index in [2.05, 4.69) is 15.3 Å². The van der Waals surface area contributed by atoms with Gasteiger partial charge < -0.3 is 15.5 Å². The van der Waals surface area contributed by atoms with Crippen LogP contribution >= 0.6 is 0 Å². The molecule has 1 aliphatic rings. The van der Waals surface area contributed by atoms with Crippen molar-refractivity contribution in [3.63, 3.8) is 0 Å². The predicted molar refractivity (Wildman–Crippen MR) is 113 cm³/mol. The van der Waals surface area contributed by atoms with Gasteiger partial charge in [0.15, 0.2) is 11.7 Å². The molecule has 4 rings (SSSR count). The molecular weight excluding hydrogens is 382 g/mol. The van der Waals surface area contributed by atoms with Crippen LogP contribution < -0.4 is 11.1 Å². The lowest BCUT2D eigenvalue weighted by molar-refractivity contribution is -0.128. The second kappa shape index (κ2) is 7.47. The lowest BCUT2D eigenvalue weighted by Gasteiger charge is -2.33. The molecule has 30 heavy (non-hydrogen) atoms. The number of hydrogen-bond donors (Lipinski definition) is 2. The van der Waals surface area contributed by atoms with Crippen LogP contribution in [0.25, 0.3) is 11.5 Å². The van der Waals surface area contributed by atoms with E-state index in [1.165, 1.54) is 11.2 Å². The number of guanidine groups is 1. The Labute approximate surface area is 173 Å². The first-order valence-corrected chi connectivity index (χ1v) is 9.40. The van der Waals surface area contributed by atoms with Gasteiger partial charge in [0.1, 0.15) is 6.26 Å². The van der Waals surface area contributed by atoms with Crippen LogP contribution in [-0.2, 0) is 10.3 Å². The lowest BCUT2D eigenvalue weighted by atomic mass is 9.87. The summed E-state index contributed by atoms with van der Waals surface area (Å²) in [4.78, 5) is 35.0. The summed E-state index contributed by atoms with van der Waals surface area (Å²) in [6.07, 6.45) is 1.51. The van der Waals surface area contributed by atoms with Gasteiger partial charge >= 0.3 is 0 Å². The monoisotopic (exact) mass is 403 g/mol. The zero-order valence-electron chi connectivity index (χ0n) is 16.6. The Bertz CT molecular complexity index is 1140. The van der Waals surface area contributed by atoms with E-state index in [1.54, 1.807) is 25.2 Å². The van der Waals surface area contributed by atoms with E-state index in [1.807, 2.05) is 43.3 Å². The number of nitrogens with zero attached hydrogens (tertiary/aromatic N) is 3. The quantitative estimate of drug-likeness (QED) is 0.695. The third-order valence-corrected chi connectivity index (χ3v) is 5.07. The van der Waals surface area contributed by atoms with Gasteiger partial charge in [0, 0.05) is 18.3 Å². The van der Waals surface area contributed by atoms with Crippen molar-refractivity contribution in [3.8, 4) is 11.5 Å². The van der Waals surface area contributed by atoms with Gasteiger partial charge in [-0.25, -0.2) is 9.98 Å². The molecule has 1 atom stereocenters. The number of rotatable bonds is 4. The van der Waals surface area contributed by atoms with Crippen LogP contribution in [0.5, 0.6) is 0 Å². The van der Waals surface area contributed by atoms with Crippen molar-refractivity contribution in [2.75, 3.05) is 12.4 Å². The van der Waals surface area contributed by atoms with Gasteiger partial charge in [-0.05, 0) is 36.8 Å². The molecule has 0 spiro atoms. The fourth-order valence-electron chi connectivity index (χ4n) is 3.29. The minimum Gasteiger partial charge on any atom is -0.444 e. The number of benzene rings is 2. The Morgan fingerprint density at radius 3 is 2.70 bits per heavy atom. The van der Waals surface area contributed by atoms with Crippen LogP contribution in [0, 0.1) is 0 Å². The first-order valence-electron chi connectivity index (χ1n) is 9.40. The van der Waals surface area contributed by atoms with Crippen molar-refractivity contribution in [3.05, 3.63) is 72.1 Å². The summed E-state index contributed by atoms with van der Waals surface area (Å²) in [5.41, 5.74) is 7.38. The Hall–Kier alpha value is -3.94. The lowest BCUT2D eigenvalue weighted by Crippen LogP contribution is -2.47. The zero-order chi connectivity index (χ0) is 21.3. The average molecular weight is 403 g/mol. The highest BCUT2D eigenvalue weighted by atomic mass is 16.3. The fraction of sp³-hybridized carbons (Fsp3) is 0.182. The standard InChI is InChI=1S/C22H21N5O3/c1-22(12-18(28)27(2)21(23)26-22)15-9-6-10-16(11-15)24-19(29)17-13-30-20(25-17)14-7-4-3-5-8-14/h3-11,13H,12H2,1-2H3,(H2,23,26)(H,24,29). The molecule has 0 aliphatic carbocycles. The van der Waals surface area contributed by atoms with E-state index >= 15 is 0 Å². The molecule has 1 unspecified atom stereocenters. The number of nitrogens with two attached hydrogens (primary N) is 1. The fourth-order valence-corrected chi connectivity index (χ4v) is 3.29. The highest BCUT2D eigenvalue weighted by Gasteiger charge is 2.36. The summed E-state index contributed by atoms with van der Waals surface area (Å²) >= 11 is 0. The van der Waals surface area contributed by atoms with Crippen molar-refractivity contribution in [1.82, 2.24) is 9.88 Å². The summed E-state index contributed by atoms with van der Waals surface area (Å²) in [6.45, 7) is 1.84. The molecular formula is C22H21N5O3. The van der Waals surface area contributed by atoms with E-state index in [-0.39, 0.29) is 24.0 Å². The normalized spacial score (nSPS) is 18.8. The highest BCUT2D eigenvalue weighted by Crippen LogP contribution is 2.34. The number of aliphatic imine (C=N–C) groups is 1. The van der Waals surface area contributed by atoms with Crippen LogP contribution in [0.3, 0.4) is 0 Å². The summed E-state index contributed by atoms with van der Waals surface area (Å²) in [6, 6.07) is 16.5. The molecule has 8 nitrogen and oxygen atoms in total. The van der Waals surface area contributed by atoms with Gasteiger partial charge in [0.2, 0.25) is 11.8 Å². The van der Waals surface area contributed by atoms with Crippen LogP contribution in [-0.4, -0.2) is 34.7 Å². The SMILES string of the molecule is CN1C(=O)CC(C)(c2cccc(NC(=O)c3coc(-c4ccccc4)n3)c2)N=C1N. The Balaban J connectivity index is 1.55. The molecule has 0 saturated heterocycles. The Kier molecular flexibility index (Phi) is 4.83. The van der Waals surface area contributed by atoms with Crippen LogP contribution in [0.4, 0.5) is 5.69 Å². The largest absolute Gasteiger partial charge is 0.444 e. The average Bonchev–Trinajstić information content (AvgIpc) is 3.23. The second-order valence-electron chi connectivity index (χ2n) is 7.31. The number of carbonyl (C=O) groups is 2. The molecule has 0 fully saturated rings. The summed E-state index contributed by atoms with van der Waals surface area (Å²) in [5, 5.41) is 2.81. The second-order valence-corrected chi connectivity index (χ2v) is 7.31. The Morgan fingerprint density at radius 2 is 1.97 bits per heavy atom. The molecule has 1 aliphatic heterocycles. The van der Waals surface area contributed by atoms with Crippen molar-refractivity contribution < 1.29 is 14.0 Å². The van der Waals surface area contributed by atoms with E-state index in [0.29, 0.717) is 11.6 Å². The molecule has 3 N–H and O–H groups in total. The molecule has 0 radical (unpaired) electrons. The number of oxazole rings is 1. The maximum Gasteiger partial charge on any atom is 0.277 e. The summed E-state index contributed by atoms with van der Waals surface area (Å²) in [7, 11) is 1.60. The molecule has 1 aromatic heterocycles. The summed E-state index contributed by atoms with van der Waals surface area (Å²) < 4.78 is 5.43. The molecule has 0 saturated carbocycles. The van der Waals surface area contributed by atoms with Crippen LogP contribution in [0.15, 0.2) is 70.3 Å². The van der Waals surface area contributed by atoms with Crippen molar-refractivity contribution in [1.29, 1.82) is 0 Å². The molecule has 2 heterocycles. The molecule has 152 valence electrons. The molecule has 3 aromatic rings. The topological polar surface area (TPSA) is 114 Å². The third kappa shape index (κ3) is 3.67. The number of hydrogen-bond acceptors (Lipinski definition) is 6. The van der Waals surface area contributed by atoms with Crippen molar-refractivity contribution >= 4 is 23.5 Å². The van der Waals surface area contributed by atoms with Gasteiger partial charge in [0.05, 0.1) is 12.0 Å². The van der Waals surface area contributed by atoms with Gasteiger partial charge in [0.25, 0.3) is 5.91 Å². The predicted octanol–water partition coefficient (Wildman–Crippen LogP) is 2.99. The van der Waals surface area contributed by atoms with Crippen LogP contribution in [0.1, 0.15) is 29.4 Å². The maximum atomic E-state index is 12.6. The van der Waals surface area contributed by atoms with Gasteiger partial charge in [-0.3, -0.25) is 14.5 Å². The number of carbonyl (C=O) groups excluding carboxylic acids is 2. The van der Waals surface area contributed by atoms with Gasteiger partial charge in [-0.15, -0.1) is 0 Å². The zero-order valence-corrected chi connectivity index (χ0v) is 16.6. The molecule has 2 amide bonds. The third-order valence-electron chi connectivity index (χ3n) is 5.07. The first kappa shape index (κ1) is 19.4. The number of aromatic nitrogens is 1. The number of nitrogens with one attached hydrogen (secondary N) is 1. The number of anilines is 1. The minimum atomic E-state index is -0.803. The molecule has 8 heteroatoms. The van der Waals surface area contributed by atoms with E-state index in [9.17, 15) is 9.59 Å². The minimum absolute atomic E-state index is 0.115. The van der Waals surface area contributed by atoms with Crippen molar-refractivity contribution in [2.45, 2.75) is 18.9 Å². The van der Waals surface area contributed by atoms with Gasteiger partial charge in [-0.2, -0.15) is 0 Å². The Morgan fingerprint density at radius 1 is 1.20 bits per heavy atom. The van der Waals surface area contributed by atoms with Gasteiger partial charge in [-0.1, -0.05) is 30.3 Å². The van der Waals surface area contributed by atoms with E-state index in [0.717, 1.165) is 11.1 Å². The maximum absolute atomic E-state index is 12.6. The van der Waals surface area contributed by atoms with E-state index in [4.69, 9.17) is 10.2 Å². The van der Waals surface area contributed by atoms with Crippen LogP contribution in [0.2, 0.25) is 0 Å². The smallest absolute Gasteiger partial charge is 0.277 e. The summed E-state index contributed by atoms with van der Waals surface area (Å²) in [5.74, 6) is 0.0251. The van der Waals surface area contributed by atoms with Crippen molar-refractivity contribution in [2.24, 2.45) is 10.7 Å². The molecule has 2 aromatic carbocycles. The first-order chi connectivity index (χ1) is 14.4. The number of amides is 2. The highest BCUT2D eigenvalue weighted by molar-refractivity contribution is 6.03. The molecule has 0 bridgehead atoms. The van der Waals surface area contributed by atoms with E-state index < -0.39 is 11.4 Å².